The molecule has 5 heteroatoms. The van der Waals surface area contributed by atoms with Gasteiger partial charge in [0, 0.05) is 6.54 Å². The molecule has 4 nitrogen and oxygen atoms in total. The van der Waals surface area contributed by atoms with Gasteiger partial charge in [0.1, 0.15) is 5.82 Å². The Morgan fingerprint density at radius 3 is 3.00 bits per heavy atom. The zero-order valence-electron chi connectivity index (χ0n) is 8.00. The SMILES string of the molecule is CCC(O)CNc1ncc(N)cc1Br. The fraction of sp³-hybridized carbons (Fsp3) is 0.444. The predicted octanol–water partition coefficient (Wildman–Crippen LogP) is 1.61. The van der Waals surface area contributed by atoms with Gasteiger partial charge >= 0.3 is 0 Å². The van der Waals surface area contributed by atoms with Crippen molar-refractivity contribution in [1.82, 2.24) is 4.98 Å². The van der Waals surface area contributed by atoms with E-state index in [4.69, 9.17) is 5.73 Å². The van der Waals surface area contributed by atoms with Gasteiger partial charge in [0.15, 0.2) is 0 Å². The lowest BCUT2D eigenvalue weighted by Gasteiger charge is -2.11. The van der Waals surface area contributed by atoms with Gasteiger partial charge in [0.25, 0.3) is 0 Å². The van der Waals surface area contributed by atoms with Crippen LogP contribution in [0.25, 0.3) is 0 Å². The number of nitrogens with two attached hydrogens (primary N) is 1. The normalized spacial score (nSPS) is 12.5. The summed E-state index contributed by atoms with van der Waals surface area (Å²) in [4.78, 5) is 4.09. The molecule has 0 saturated carbocycles. The number of rotatable bonds is 4. The predicted molar refractivity (Wildman–Crippen MR) is 61.1 cm³/mol. The van der Waals surface area contributed by atoms with Gasteiger partial charge in [-0.15, -0.1) is 0 Å². The Labute approximate surface area is 91.7 Å². The molecule has 0 bridgehead atoms. The second-order valence-electron chi connectivity index (χ2n) is 3.04. The molecule has 0 aliphatic heterocycles. The third kappa shape index (κ3) is 3.16. The minimum atomic E-state index is -0.346. The summed E-state index contributed by atoms with van der Waals surface area (Å²) in [6.07, 6.45) is 1.95. The number of halogens is 1. The molecule has 1 heterocycles. The first-order valence-electron chi connectivity index (χ1n) is 4.46. The zero-order valence-corrected chi connectivity index (χ0v) is 9.58. The van der Waals surface area contributed by atoms with E-state index in [0.29, 0.717) is 18.1 Å². The van der Waals surface area contributed by atoms with Crippen LogP contribution in [0.5, 0.6) is 0 Å². The highest BCUT2D eigenvalue weighted by atomic mass is 79.9. The molecule has 78 valence electrons. The van der Waals surface area contributed by atoms with Crippen LogP contribution >= 0.6 is 15.9 Å². The van der Waals surface area contributed by atoms with Crippen molar-refractivity contribution in [2.75, 3.05) is 17.6 Å². The molecular weight excluding hydrogens is 246 g/mol. The molecule has 0 radical (unpaired) electrons. The Bertz CT molecular complexity index is 306. The van der Waals surface area contributed by atoms with Crippen LogP contribution in [0.2, 0.25) is 0 Å². The maximum atomic E-state index is 9.33. The van der Waals surface area contributed by atoms with Crippen molar-refractivity contribution < 1.29 is 5.11 Å². The first-order chi connectivity index (χ1) is 6.63. The Morgan fingerprint density at radius 2 is 2.43 bits per heavy atom. The summed E-state index contributed by atoms with van der Waals surface area (Å²) >= 11 is 3.33. The minimum absolute atomic E-state index is 0.346. The average molecular weight is 260 g/mol. The largest absolute Gasteiger partial charge is 0.397 e. The topological polar surface area (TPSA) is 71.2 Å². The summed E-state index contributed by atoms with van der Waals surface area (Å²) in [6, 6.07) is 1.77. The summed E-state index contributed by atoms with van der Waals surface area (Å²) in [6.45, 7) is 2.42. The van der Waals surface area contributed by atoms with Crippen molar-refractivity contribution in [2.24, 2.45) is 0 Å². The Morgan fingerprint density at radius 1 is 1.71 bits per heavy atom. The van der Waals surface area contributed by atoms with Crippen LogP contribution < -0.4 is 11.1 Å². The quantitative estimate of drug-likeness (QED) is 0.769. The number of hydrogen-bond acceptors (Lipinski definition) is 4. The number of aliphatic hydroxyl groups excluding tert-OH is 1. The van der Waals surface area contributed by atoms with E-state index in [0.717, 1.165) is 10.9 Å². The number of pyridine rings is 1. The third-order valence-corrected chi connectivity index (χ3v) is 2.44. The average Bonchev–Trinajstić information content (AvgIpc) is 2.16. The number of aromatic nitrogens is 1. The number of hydrogen-bond donors (Lipinski definition) is 3. The van der Waals surface area contributed by atoms with Crippen LogP contribution in [0, 0.1) is 0 Å². The van der Waals surface area contributed by atoms with Crippen LogP contribution in [0.4, 0.5) is 11.5 Å². The molecule has 0 spiro atoms. The van der Waals surface area contributed by atoms with Gasteiger partial charge in [-0.1, -0.05) is 6.92 Å². The second-order valence-corrected chi connectivity index (χ2v) is 3.90. The summed E-state index contributed by atoms with van der Waals surface area (Å²) in [5.41, 5.74) is 6.15. The van der Waals surface area contributed by atoms with Crippen LogP contribution in [-0.2, 0) is 0 Å². The molecule has 1 aromatic heterocycles. The molecule has 0 saturated heterocycles. The Kier molecular flexibility index (Phi) is 4.16. The van der Waals surface area contributed by atoms with E-state index < -0.39 is 0 Å². The molecule has 0 amide bonds. The summed E-state index contributed by atoms with van der Waals surface area (Å²) in [5, 5.41) is 12.4. The van der Waals surface area contributed by atoms with Crippen molar-refractivity contribution >= 4 is 27.4 Å². The minimum Gasteiger partial charge on any atom is -0.397 e. The van der Waals surface area contributed by atoms with E-state index in [2.05, 4.69) is 26.2 Å². The van der Waals surface area contributed by atoms with Crippen LogP contribution in [-0.4, -0.2) is 22.7 Å². The number of anilines is 2. The van der Waals surface area contributed by atoms with Crippen molar-refractivity contribution in [3.8, 4) is 0 Å². The highest BCUT2D eigenvalue weighted by Crippen LogP contribution is 2.21. The molecule has 1 aromatic rings. The smallest absolute Gasteiger partial charge is 0.140 e. The number of nitrogens with zero attached hydrogens (tertiary/aromatic N) is 1. The van der Waals surface area contributed by atoms with E-state index in [1.54, 1.807) is 12.3 Å². The molecule has 1 rings (SSSR count). The van der Waals surface area contributed by atoms with Crippen molar-refractivity contribution in [3.05, 3.63) is 16.7 Å². The highest BCUT2D eigenvalue weighted by Gasteiger charge is 2.04. The summed E-state index contributed by atoms with van der Waals surface area (Å²) in [7, 11) is 0. The van der Waals surface area contributed by atoms with E-state index >= 15 is 0 Å². The lowest BCUT2D eigenvalue weighted by Crippen LogP contribution is -2.19. The van der Waals surface area contributed by atoms with E-state index in [1.165, 1.54) is 0 Å². The molecular formula is C9H14BrN3O. The number of nitrogens with one attached hydrogen (secondary N) is 1. The lowest BCUT2D eigenvalue weighted by molar-refractivity contribution is 0.183. The first kappa shape index (κ1) is 11.3. The van der Waals surface area contributed by atoms with Crippen LogP contribution in [0.3, 0.4) is 0 Å². The van der Waals surface area contributed by atoms with E-state index in [9.17, 15) is 5.11 Å². The molecule has 0 aromatic carbocycles. The highest BCUT2D eigenvalue weighted by molar-refractivity contribution is 9.10. The summed E-state index contributed by atoms with van der Waals surface area (Å²) < 4.78 is 0.806. The van der Waals surface area contributed by atoms with E-state index in [-0.39, 0.29) is 6.10 Å². The van der Waals surface area contributed by atoms with Crippen molar-refractivity contribution in [2.45, 2.75) is 19.4 Å². The fourth-order valence-corrected chi connectivity index (χ4v) is 1.45. The Balaban J connectivity index is 2.59. The van der Waals surface area contributed by atoms with Crippen LogP contribution in [0.1, 0.15) is 13.3 Å². The summed E-state index contributed by atoms with van der Waals surface area (Å²) in [5.74, 6) is 0.701. The van der Waals surface area contributed by atoms with Crippen molar-refractivity contribution in [1.29, 1.82) is 0 Å². The van der Waals surface area contributed by atoms with Gasteiger partial charge in [-0.2, -0.15) is 0 Å². The van der Waals surface area contributed by atoms with Crippen molar-refractivity contribution in [3.63, 3.8) is 0 Å². The molecule has 1 atom stereocenters. The standard InChI is InChI=1S/C9H14BrN3O/c1-2-7(14)5-13-9-8(10)3-6(11)4-12-9/h3-4,7,14H,2,5,11H2,1H3,(H,12,13). The van der Waals surface area contributed by atoms with Gasteiger partial charge in [-0.3, -0.25) is 0 Å². The first-order valence-corrected chi connectivity index (χ1v) is 5.25. The zero-order chi connectivity index (χ0) is 10.6. The maximum Gasteiger partial charge on any atom is 0.140 e. The lowest BCUT2D eigenvalue weighted by atomic mass is 10.3. The molecule has 14 heavy (non-hydrogen) atoms. The second kappa shape index (κ2) is 5.17. The number of aliphatic hydroxyl groups is 1. The molecule has 0 aliphatic rings. The maximum absolute atomic E-state index is 9.33. The molecule has 0 fully saturated rings. The van der Waals surface area contributed by atoms with E-state index in [1.807, 2.05) is 6.92 Å². The Hall–Kier alpha value is -0.810. The van der Waals surface area contributed by atoms with Gasteiger partial charge < -0.3 is 16.2 Å². The third-order valence-electron chi connectivity index (χ3n) is 1.84. The van der Waals surface area contributed by atoms with Gasteiger partial charge in [0.2, 0.25) is 0 Å². The van der Waals surface area contributed by atoms with Gasteiger partial charge in [-0.25, -0.2) is 4.98 Å². The van der Waals surface area contributed by atoms with Crippen LogP contribution in [0.15, 0.2) is 16.7 Å². The monoisotopic (exact) mass is 259 g/mol. The van der Waals surface area contributed by atoms with Gasteiger partial charge in [0.05, 0.1) is 22.5 Å². The fourth-order valence-electron chi connectivity index (χ4n) is 0.942. The number of nitrogen functional groups attached to an aromatic ring is 1. The molecule has 0 aliphatic carbocycles. The molecule has 4 N–H and O–H groups in total. The van der Waals surface area contributed by atoms with Gasteiger partial charge in [-0.05, 0) is 28.4 Å². The molecule has 1 unspecified atom stereocenters.